The van der Waals surface area contributed by atoms with Gasteiger partial charge in [-0.05, 0) is 29.0 Å². The maximum Gasteiger partial charge on any atom is 0.272 e. The molecule has 1 aliphatic heterocycles. The van der Waals surface area contributed by atoms with Crippen LogP contribution >= 0.6 is 11.3 Å². The molecule has 4 aromatic rings. The molecule has 34 heavy (non-hydrogen) atoms. The Bertz CT molecular complexity index is 1360. The highest BCUT2D eigenvalue weighted by Crippen LogP contribution is 2.46. The number of nitrogens with zero attached hydrogens (tertiary/aromatic N) is 4. The standard InChI is InChI=1S/C25H27N5O3S/c1-25(2,3)14-26-24(31)22-18-12-33-21-11-20(32-5)16(19-6-8-27-29(19)4)10-17(21)23(18)30(28-22)15-7-9-34-13-15/h6-11,13H,12,14H2,1-5H3,(H,26,31). The van der Waals surface area contributed by atoms with Gasteiger partial charge < -0.3 is 14.8 Å². The summed E-state index contributed by atoms with van der Waals surface area (Å²) in [5, 5.41) is 16.1. The van der Waals surface area contributed by atoms with Gasteiger partial charge in [0.25, 0.3) is 5.91 Å². The summed E-state index contributed by atoms with van der Waals surface area (Å²) in [4.78, 5) is 13.2. The van der Waals surface area contributed by atoms with Crippen molar-refractivity contribution in [3.63, 3.8) is 0 Å². The van der Waals surface area contributed by atoms with E-state index in [9.17, 15) is 4.79 Å². The summed E-state index contributed by atoms with van der Waals surface area (Å²) in [6, 6.07) is 7.86. The van der Waals surface area contributed by atoms with Gasteiger partial charge in [-0.15, -0.1) is 0 Å². The lowest BCUT2D eigenvalue weighted by atomic mass is 9.96. The van der Waals surface area contributed by atoms with E-state index in [1.54, 1.807) is 29.3 Å². The number of fused-ring (bicyclic) bond motifs is 3. The number of benzene rings is 1. The number of aromatic nitrogens is 4. The maximum absolute atomic E-state index is 13.2. The number of nitrogens with one attached hydrogen (secondary N) is 1. The summed E-state index contributed by atoms with van der Waals surface area (Å²) in [6.07, 6.45) is 1.75. The molecule has 0 radical (unpaired) electrons. The third-order valence-electron chi connectivity index (χ3n) is 5.75. The van der Waals surface area contributed by atoms with Gasteiger partial charge >= 0.3 is 0 Å². The molecule has 0 unspecified atom stereocenters. The number of hydrogen-bond donors (Lipinski definition) is 1. The van der Waals surface area contributed by atoms with Gasteiger partial charge in [-0.1, -0.05) is 20.8 Å². The normalized spacial score (nSPS) is 12.6. The molecule has 0 atom stereocenters. The van der Waals surface area contributed by atoms with E-state index in [4.69, 9.17) is 14.6 Å². The van der Waals surface area contributed by atoms with E-state index < -0.39 is 0 Å². The topological polar surface area (TPSA) is 83.2 Å². The van der Waals surface area contributed by atoms with Crippen LogP contribution in [0.25, 0.3) is 28.2 Å². The highest BCUT2D eigenvalue weighted by Gasteiger charge is 2.32. The Hall–Kier alpha value is -3.59. The number of hydrogen-bond acceptors (Lipinski definition) is 6. The minimum absolute atomic E-state index is 0.0384. The number of aryl methyl sites for hydroxylation is 1. The molecule has 9 heteroatoms. The second-order valence-electron chi connectivity index (χ2n) is 9.49. The van der Waals surface area contributed by atoms with E-state index in [1.807, 2.05) is 46.8 Å². The molecule has 1 N–H and O–H groups in total. The van der Waals surface area contributed by atoms with Crippen molar-refractivity contribution >= 4 is 17.2 Å². The van der Waals surface area contributed by atoms with E-state index in [0.29, 0.717) is 23.7 Å². The highest BCUT2D eigenvalue weighted by molar-refractivity contribution is 7.08. The average molecular weight is 478 g/mol. The van der Waals surface area contributed by atoms with Crippen molar-refractivity contribution in [3.05, 3.63) is 52.5 Å². The van der Waals surface area contributed by atoms with Crippen molar-refractivity contribution in [1.29, 1.82) is 0 Å². The van der Waals surface area contributed by atoms with Crippen molar-refractivity contribution in [1.82, 2.24) is 24.9 Å². The predicted molar refractivity (Wildman–Crippen MR) is 132 cm³/mol. The van der Waals surface area contributed by atoms with Crippen LogP contribution < -0.4 is 14.8 Å². The second-order valence-corrected chi connectivity index (χ2v) is 10.3. The molecule has 176 valence electrons. The lowest BCUT2D eigenvalue weighted by molar-refractivity contribution is 0.0931. The fraction of sp³-hybridized carbons (Fsp3) is 0.320. The summed E-state index contributed by atoms with van der Waals surface area (Å²) in [7, 11) is 3.53. The van der Waals surface area contributed by atoms with Gasteiger partial charge in [0.05, 0.1) is 24.2 Å². The SMILES string of the molecule is COc1cc2c(cc1-c1ccnn1C)-c1c(c(C(=O)NCC(C)(C)C)nn1-c1ccsc1)CO2. The van der Waals surface area contributed by atoms with Gasteiger partial charge in [0, 0.05) is 47.9 Å². The molecule has 0 aliphatic carbocycles. The molecule has 0 bridgehead atoms. The van der Waals surface area contributed by atoms with Crippen LogP contribution in [0, 0.1) is 5.41 Å². The largest absolute Gasteiger partial charge is 0.496 e. The zero-order chi connectivity index (χ0) is 24.0. The van der Waals surface area contributed by atoms with Gasteiger partial charge in [-0.2, -0.15) is 21.5 Å². The van der Waals surface area contributed by atoms with Crippen LogP contribution in [0.1, 0.15) is 36.8 Å². The fourth-order valence-corrected chi connectivity index (χ4v) is 4.68. The number of ether oxygens (including phenoxy) is 2. The van der Waals surface area contributed by atoms with E-state index >= 15 is 0 Å². The van der Waals surface area contributed by atoms with Gasteiger partial charge in [0.2, 0.25) is 0 Å². The number of rotatable bonds is 5. The van der Waals surface area contributed by atoms with Gasteiger partial charge in [0.1, 0.15) is 18.1 Å². The summed E-state index contributed by atoms with van der Waals surface area (Å²) in [5.41, 5.74) is 5.52. The summed E-state index contributed by atoms with van der Waals surface area (Å²) >= 11 is 1.58. The quantitative estimate of drug-likeness (QED) is 0.451. The Morgan fingerprint density at radius 1 is 1.26 bits per heavy atom. The zero-order valence-electron chi connectivity index (χ0n) is 19.9. The molecular weight excluding hydrogens is 450 g/mol. The Morgan fingerprint density at radius 3 is 2.74 bits per heavy atom. The van der Waals surface area contributed by atoms with Crippen LogP contribution in [0.2, 0.25) is 0 Å². The van der Waals surface area contributed by atoms with Crippen molar-refractivity contribution < 1.29 is 14.3 Å². The third kappa shape index (κ3) is 3.86. The van der Waals surface area contributed by atoms with Crippen LogP contribution in [0.15, 0.2) is 41.2 Å². The first-order valence-corrected chi connectivity index (χ1v) is 12.0. The molecule has 1 aromatic carbocycles. The first-order chi connectivity index (χ1) is 16.3. The molecule has 1 amide bonds. The van der Waals surface area contributed by atoms with Gasteiger partial charge in [0.15, 0.2) is 5.69 Å². The minimum Gasteiger partial charge on any atom is -0.496 e. The first kappa shape index (κ1) is 22.2. The van der Waals surface area contributed by atoms with Gasteiger partial charge in [-0.25, -0.2) is 4.68 Å². The predicted octanol–water partition coefficient (Wildman–Crippen LogP) is 4.68. The Kier molecular flexibility index (Phi) is 5.44. The molecule has 4 heterocycles. The molecule has 3 aromatic heterocycles. The van der Waals surface area contributed by atoms with Crippen LogP contribution in [-0.4, -0.2) is 39.1 Å². The number of methoxy groups -OCH3 is 1. The lowest BCUT2D eigenvalue weighted by Gasteiger charge is -2.22. The lowest BCUT2D eigenvalue weighted by Crippen LogP contribution is -2.33. The number of carbonyl (C=O) groups excluding carboxylic acids is 1. The molecule has 8 nitrogen and oxygen atoms in total. The van der Waals surface area contributed by atoms with Crippen LogP contribution in [0.3, 0.4) is 0 Å². The summed E-state index contributed by atoms with van der Waals surface area (Å²) < 4.78 is 15.5. The van der Waals surface area contributed by atoms with E-state index in [1.165, 1.54) is 0 Å². The van der Waals surface area contributed by atoms with Crippen LogP contribution in [0.4, 0.5) is 0 Å². The van der Waals surface area contributed by atoms with E-state index in [2.05, 4.69) is 31.2 Å². The van der Waals surface area contributed by atoms with E-state index in [-0.39, 0.29) is 17.9 Å². The smallest absolute Gasteiger partial charge is 0.272 e. The summed E-state index contributed by atoms with van der Waals surface area (Å²) in [5.74, 6) is 1.18. The average Bonchev–Trinajstić information content (AvgIpc) is 3.55. The maximum atomic E-state index is 13.2. The molecular formula is C25H27N5O3S. The van der Waals surface area contributed by atoms with E-state index in [0.717, 1.165) is 33.8 Å². The molecule has 1 aliphatic rings. The molecule has 0 fully saturated rings. The summed E-state index contributed by atoms with van der Waals surface area (Å²) in [6.45, 7) is 7.04. The molecule has 0 saturated heterocycles. The number of amides is 1. The van der Waals surface area contributed by atoms with Crippen molar-refractivity contribution in [2.24, 2.45) is 12.5 Å². The number of thiophene rings is 1. The van der Waals surface area contributed by atoms with Crippen molar-refractivity contribution in [2.45, 2.75) is 27.4 Å². The Labute approximate surface area is 202 Å². The zero-order valence-corrected chi connectivity index (χ0v) is 20.7. The number of carbonyl (C=O) groups is 1. The Balaban J connectivity index is 1.69. The fourth-order valence-electron chi connectivity index (χ4n) is 4.06. The minimum atomic E-state index is -0.201. The Morgan fingerprint density at radius 2 is 2.09 bits per heavy atom. The molecule has 5 rings (SSSR count). The van der Waals surface area contributed by atoms with Crippen LogP contribution in [0.5, 0.6) is 11.5 Å². The molecule has 0 spiro atoms. The van der Waals surface area contributed by atoms with Crippen molar-refractivity contribution in [3.8, 4) is 39.7 Å². The monoisotopic (exact) mass is 477 g/mol. The third-order valence-corrected chi connectivity index (χ3v) is 6.43. The highest BCUT2D eigenvalue weighted by atomic mass is 32.1. The van der Waals surface area contributed by atoms with Crippen molar-refractivity contribution in [2.75, 3.05) is 13.7 Å². The van der Waals surface area contributed by atoms with Crippen LogP contribution in [-0.2, 0) is 13.7 Å². The van der Waals surface area contributed by atoms with Gasteiger partial charge in [-0.3, -0.25) is 9.48 Å². The molecule has 0 saturated carbocycles. The second kappa shape index (κ2) is 8.32. The first-order valence-electron chi connectivity index (χ1n) is 11.0.